The summed E-state index contributed by atoms with van der Waals surface area (Å²) in [6.07, 6.45) is -0.0474. The Morgan fingerprint density at radius 2 is 2.16 bits per heavy atom. The molecule has 1 unspecified atom stereocenters. The second kappa shape index (κ2) is 7.08. The zero-order chi connectivity index (χ0) is 14.4. The molecule has 1 aromatic heterocycles. The first-order chi connectivity index (χ1) is 8.90. The zero-order valence-electron chi connectivity index (χ0n) is 11.9. The van der Waals surface area contributed by atoms with Crippen LogP contribution in [0.15, 0.2) is 4.52 Å². The Labute approximate surface area is 113 Å². The lowest BCUT2D eigenvalue weighted by molar-refractivity contribution is 0.144. The average Bonchev–Trinajstić information content (AvgIpc) is 2.76. The SMILES string of the molecule is CC(O)CN(C)C(=O)NCCc1nc(C(C)C)no1. The summed E-state index contributed by atoms with van der Waals surface area (Å²) in [5.74, 6) is 1.42. The van der Waals surface area contributed by atoms with Gasteiger partial charge in [-0.2, -0.15) is 4.98 Å². The number of hydrogen-bond donors (Lipinski definition) is 2. The van der Waals surface area contributed by atoms with Crippen molar-refractivity contribution in [3.8, 4) is 0 Å². The van der Waals surface area contributed by atoms with Gasteiger partial charge in [-0.05, 0) is 6.92 Å². The maximum atomic E-state index is 11.6. The predicted octanol–water partition coefficient (Wildman–Crippen LogP) is 0.758. The van der Waals surface area contributed by atoms with Crippen molar-refractivity contribution >= 4 is 6.03 Å². The molecule has 2 amide bonds. The van der Waals surface area contributed by atoms with Gasteiger partial charge in [0.2, 0.25) is 5.89 Å². The van der Waals surface area contributed by atoms with E-state index in [0.29, 0.717) is 31.2 Å². The number of rotatable bonds is 6. The Morgan fingerprint density at radius 1 is 1.47 bits per heavy atom. The average molecular weight is 270 g/mol. The summed E-state index contributed by atoms with van der Waals surface area (Å²) in [5, 5.41) is 15.7. The number of hydrogen-bond acceptors (Lipinski definition) is 5. The van der Waals surface area contributed by atoms with Gasteiger partial charge in [0.05, 0.1) is 6.10 Å². The molecule has 0 aliphatic carbocycles. The third-order valence-corrected chi connectivity index (χ3v) is 2.50. The molecule has 0 aliphatic rings. The zero-order valence-corrected chi connectivity index (χ0v) is 11.9. The van der Waals surface area contributed by atoms with E-state index in [9.17, 15) is 9.90 Å². The quantitative estimate of drug-likeness (QED) is 0.796. The van der Waals surface area contributed by atoms with E-state index >= 15 is 0 Å². The van der Waals surface area contributed by atoms with E-state index in [1.807, 2.05) is 13.8 Å². The summed E-state index contributed by atoms with van der Waals surface area (Å²) < 4.78 is 5.07. The van der Waals surface area contributed by atoms with Gasteiger partial charge in [0.25, 0.3) is 0 Å². The van der Waals surface area contributed by atoms with Gasteiger partial charge >= 0.3 is 6.03 Å². The predicted molar refractivity (Wildman–Crippen MR) is 69.8 cm³/mol. The van der Waals surface area contributed by atoms with Gasteiger partial charge in [-0.15, -0.1) is 0 Å². The minimum Gasteiger partial charge on any atom is -0.392 e. The first-order valence-corrected chi connectivity index (χ1v) is 6.39. The number of aromatic nitrogens is 2. The van der Waals surface area contributed by atoms with Crippen LogP contribution >= 0.6 is 0 Å². The summed E-state index contributed by atoms with van der Waals surface area (Å²) in [6.45, 7) is 6.32. The Kier molecular flexibility index (Phi) is 5.75. The van der Waals surface area contributed by atoms with Gasteiger partial charge in [0, 0.05) is 32.5 Å². The van der Waals surface area contributed by atoms with Gasteiger partial charge in [0.1, 0.15) is 0 Å². The largest absolute Gasteiger partial charge is 0.392 e. The highest BCUT2D eigenvalue weighted by Crippen LogP contribution is 2.09. The lowest BCUT2D eigenvalue weighted by Gasteiger charge is -2.18. The second-order valence-electron chi connectivity index (χ2n) is 4.91. The summed E-state index contributed by atoms with van der Waals surface area (Å²) >= 11 is 0. The van der Waals surface area contributed by atoms with E-state index in [-0.39, 0.29) is 11.9 Å². The number of likely N-dealkylation sites (N-methyl/N-ethyl adjacent to an activating group) is 1. The van der Waals surface area contributed by atoms with Crippen molar-refractivity contribution in [3.63, 3.8) is 0 Å². The maximum absolute atomic E-state index is 11.6. The molecule has 0 radical (unpaired) electrons. The molecule has 1 aromatic rings. The van der Waals surface area contributed by atoms with Crippen molar-refractivity contribution in [2.75, 3.05) is 20.1 Å². The van der Waals surface area contributed by atoms with Crippen molar-refractivity contribution in [2.24, 2.45) is 0 Å². The molecule has 0 saturated heterocycles. The van der Waals surface area contributed by atoms with Crippen molar-refractivity contribution in [3.05, 3.63) is 11.7 Å². The molecule has 0 bridgehead atoms. The van der Waals surface area contributed by atoms with Crippen LogP contribution in [0.4, 0.5) is 4.79 Å². The Morgan fingerprint density at radius 3 is 2.68 bits per heavy atom. The minimum atomic E-state index is -0.541. The van der Waals surface area contributed by atoms with Crippen molar-refractivity contribution in [1.82, 2.24) is 20.4 Å². The molecular formula is C12H22N4O3. The summed E-state index contributed by atoms with van der Waals surface area (Å²) in [5.41, 5.74) is 0. The van der Waals surface area contributed by atoms with Crippen molar-refractivity contribution in [2.45, 2.75) is 39.2 Å². The Hall–Kier alpha value is -1.63. The number of amides is 2. The molecule has 0 saturated carbocycles. The fourth-order valence-electron chi connectivity index (χ4n) is 1.49. The Bertz CT molecular complexity index is 403. The summed E-state index contributed by atoms with van der Waals surface area (Å²) in [4.78, 5) is 17.3. The van der Waals surface area contributed by atoms with Gasteiger partial charge in [-0.1, -0.05) is 19.0 Å². The highest BCUT2D eigenvalue weighted by atomic mass is 16.5. The van der Waals surface area contributed by atoms with E-state index in [2.05, 4.69) is 15.5 Å². The van der Waals surface area contributed by atoms with E-state index in [4.69, 9.17) is 4.52 Å². The molecule has 1 atom stereocenters. The van der Waals surface area contributed by atoms with E-state index in [0.717, 1.165) is 0 Å². The van der Waals surface area contributed by atoms with Gasteiger partial charge in [-0.3, -0.25) is 0 Å². The first kappa shape index (κ1) is 15.4. The number of nitrogens with zero attached hydrogens (tertiary/aromatic N) is 3. The standard InChI is InChI=1S/C12H22N4O3/c1-8(2)11-14-10(19-15-11)5-6-13-12(18)16(4)7-9(3)17/h8-9,17H,5-7H2,1-4H3,(H,13,18). The molecule has 0 aliphatic heterocycles. The number of urea groups is 1. The van der Waals surface area contributed by atoms with Crippen LogP contribution in [0.3, 0.4) is 0 Å². The van der Waals surface area contributed by atoms with Crippen molar-refractivity contribution in [1.29, 1.82) is 0 Å². The van der Waals surface area contributed by atoms with E-state index < -0.39 is 6.10 Å². The number of carbonyl (C=O) groups excluding carboxylic acids is 1. The number of nitrogens with one attached hydrogen (secondary N) is 1. The summed E-state index contributed by atoms with van der Waals surface area (Å²) in [6, 6.07) is -0.232. The topological polar surface area (TPSA) is 91.5 Å². The fraction of sp³-hybridized carbons (Fsp3) is 0.750. The van der Waals surface area contributed by atoms with Gasteiger partial charge in [0.15, 0.2) is 5.82 Å². The van der Waals surface area contributed by atoms with Crippen LogP contribution < -0.4 is 5.32 Å². The highest BCUT2D eigenvalue weighted by Gasteiger charge is 2.12. The molecule has 19 heavy (non-hydrogen) atoms. The van der Waals surface area contributed by atoms with Crippen LogP contribution in [0.1, 0.15) is 38.4 Å². The second-order valence-corrected chi connectivity index (χ2v) is 4.91. The molecule has 7 nitrogen and oxygen atoms in total. The lowest BCUT2D eigenvalue weighted by atomic mass is 10.2. The summed E-state index contributed by atoms with van der Waals surface area (Å²) in [7, 11) is 1.63. The van der Waals surface area contributed by atoms with Crippen LogP contribution in [0.2, 0.25) is 0 Å². The van der Waals surface area contributed by atoms with E-state index in [1.165, 1.54) is 4.90 Å². The number of aliphatic hydroxyl groups excluding tert-OH is 1. The maximum Gasteiger partial charge on any atom is 0.317 e. The fourth-order valence-corrected chi connectivity index (χ4v) is 1.49. The molecule has 1 heterocycles. The third kappa shape index (κ3) is 5.25. The molecule has 7 heteroatoms. The monoisotopic (exact) mass is 270 g/mol. The Balaban J connectivity index is 2.31. The first-order valence-electron chi connectivity index (χ1n) is 6.39. The molecule has 0 fully saturated rings. The van der Waals surface area contributed by atoms with Crippen LogP contribution in [-0.2, 0) is 6.42 Å². The molecule has 108 valence electrons. The molecular weight excluding hydrogens is 248 g/mol. The number of carbonyl (C=O) groups is 1. The van der Waals surface area contributed by atoms with Crippen LogP contribution in [0, 0.1) is 0 Å². The highest BCUT2D eigenvalue weighted by molar-refractivity contribution is 5.73. The minimum absolute atomic E-state index is 0.226. The number of aliphatic hydroxyl groups is 1. The molecule has 0 aromatic carbocycles. The van der Waals surface area contributed by atoms with Gasteiger partial charge in [-0.25, -0.2) is 4.79 Å². The van der Waals surface area contributed by atoms with Crippen LogP contribution in [0.5, 0.6) is 0 Å². The van der Waals surface area contributed by atoms with Crippen LogP contribution in [-0.4, -0.2) is 52.4 Å². The molecule has 2 N–H and O–H groups in total. The molecule has 1 rings (SSSR count). The normalized spacial score (nSPS) is 12.5. The van der Waals surface area contributed by atoms with Crippen molar-refractivity contribution < 1.29 is 14.4 Å². The molecule has 0 spiro atoms. The van der Waals surface area contributed by atoms with Gasteiger partial charge < -0.3 is 19.8 Å². The lowest BCUT2D eigenvalue weighted by Crippen LogP contribution is -2.41. The smallest absolute Gasteiger partial charge is 0.317 e. The van der Waals surface area contributed by atoms with E-state index in [1.54, 1.807) is 14.0 Å². The third-order valence-electron chi connectivity index (χ3n) is 2.50. The van der Waals surface area contributed by atoms with Crippen LogP contribution in [0.25, 0.3) is 0 Å².